The van der Waals surface area contributed by atoms with E-state index in [0.29, 0.717) is 34.2 Å². The molecule has 0 heterocycles. The summed E-state index contributed by atoms with van der Waals surface area (Å²) in [5.41, 5.74) is 0.479. The van der Waals surface area contributed by atoms with E-state index in [-0.39, 0.29) is 5.56 Å². The highest BCUT2D eigenvalue weighted by molar-refractivity contribution is 9.10. The summed E-state index contributed by atoms with van der Waals surface area (Å²) in [4.78, 5) is 12.1. The average Bonchev–Trinajstić information content (AvgIpc) is 2.53. The lowest BCUT2D eigenvalue weighted by atomic mass is 10.1. The van der Waals surface area contributed by atoms with Crippen LogP contribution in [-0.2, 0) is 0 Å². The largest absolute Gasteiger partial charge is 0.492 e. The Kier molecular flexibility index (Phi) is 6.09. The highest BCUT2D eigenvalue weighted by Gasteiger charge is 2.12. The first-order chi connectivity index (χ1) is 11.5. The van der Waals surface area contributed by atoms with Gasteiger partial charge in [-0.2, -0.15) is 0 Å². The van der Waals surface area contributed by atoms with Gasteiger partial charge in [-0.25, -0.2) is 8.78 Å². The zero-order valence-corrected chi connectivity index (χ0v) is 14.7. The minimum absolute atomic E-state index is 0.190. The van der Waals surface area contributed by atoms with E-state index in [4.69, 9.17) is 9.47 Å². The molecule has 0 radical (unpaired) electrons. The topological polar surface area (TPSA) is 35.5 Å². The van der Waals surface area contributed by atoms with Crippen molar-refractivity contribution in [2.45, 2.75) is 6.92 Å². The van der Waals surface area contributed by atoms with Crippen molar-refractivity contribution < 1.29 is 23.0 Å². The van der Waals surface area contributed by atoms with Crippen LogP contribution in [0.4, 0.5) is 8.78 Å². The second-order valence-corrected chi connectivity index (χ2v) is 5.64. The number of hydrogen-bond acceptors (Lipinski definition) is 3. The van der Waals surface area contributed by atoms with Gasteiger partial charge in [0.15, 0.2) is 17.3 Å². The summed E-state index contributed by atoms with van der Waals surface area (Å²) in [5, 5.41) is 0. The fraction of sp³-hybridized carbons (Fsp3) is 0.167. The molecule has 2 aromatic carbocycles. The molecule has 0 aliphatic heterocycles. The van der Waals surface area contributed by atoms with E-state index < -0.39 is 17.4 Å². The summed E-state index contributed by atoms with van der Waals surface area (Å²) in [7, 11) is 1.53. The van der Waals surface area contributed by atoms with Crippen LogP contribution in [0.25, 0.3) is 6.08 Å². The molecule has 0 aliphatic rings. The molecular weight excluding hydrogens is 382 g/mol. The van der Waals surface area contributed by atoms with Crippen molar-refractivity contribution in [3.8, 4) is 11.5 Å². The number of allylic oxidation sites excluding steroid dienone is 1. The van der Waals surface area contributed by atoms with E-state index in [0.717, 1.165) is 12.1 Å². The highest BCUT2D eigenvalue weighted by Crippen LogP contribution is 2.36. The lowest BCUT2D eigenvalue weighted by Crippen LogP contribution is -1.99. The second kappa shape index (κ2) is 8.06. The van der Waals surface area contributed by atoms with Gasteiger partial charge in [0, 0.05) is 6.07 Å². The van der Waals surface area contributed by atoms with E-state index in [9.17, 15) is 13.6 Å². The summed E-state index contributed by atoms with van der Waals surface area (Å²) in [6.07, 6.45) is 2.75. The quantitative estimate of drug-likeness (QED) is 0.507. The third kappa shape index (κ3) is 4.20. The minimum atomic E-state index is -0.893. The fourth-order valence-corrected chi connectivity index (χ4v) is 2.72. The van der Waals surface area contributed by atoms with Gasteiger partial charge in [-0.15, -0.1) is 0 Å². The Labute approximate surface area is 147 Å². The molecule has 3 nitrogen and oxygen atoms in total. The molecule has 6 heteroatoms. The predicted octanol–water partition coefficient (Wildman–Crippen LogP) is 5.03. The van der Waals surface area contributed by atoms with Crippen LogP contribution >= 0.6 is 15.9 Å². The number of ether oxygens (including phenoxy) is 2. The molecule has 0 unspecified atom stereocenters. The lowest BCUT2D eigenvalue weighted by Gasteiger charge is -2.12. The van der Waals surface area contributed by atoms with Gasteiger partial charge in [-0.05, 0) is 58.8 Å². The first-order valence-corrected chi connectivity index (χ1v) is 7.93. The zero-order valence-electron chi connectivity index (χ0n) is 13.1. The van der Waals surface area contributed by atoms with Gasteiger partial charge in [-0.3, -0.25) is 4.79 Å². The Hall–Kier alpha value is -2.21. The zero-order chi connectivity index (χ0) is 17.7. The van der Waals surface area contributed by atoms with Gasteiger partial charge >= 0.3 is 0 Å². The van der Waals surface area contributed by atoms with Crippen LogP contribution in [-0.4, -0.2) is 19.5 Å². The molecule has 0 aliphatic carbocycles. The van der Waals surface area contributed by atoms with E-state index in [1.807, 2.05) is 6.92 Å². The van der Waals surface area contributed by atoms with Crippen LogP contribution < -0.4 is 9.47 Å². The standard InChI is InChI=1S/C18H15BrF2O3/c1-3-24-17-9-11(8-14(19)18(17)23-2)4-7-16(22)13-6-5-12(20)10-15(13)21/h4-10H,3H2,1-2H3/b7-4+. The van der Waals surface area contributed by atoms with Gasteiger partial charge < -0.3 is 9.47 Å². The molecule has 0 amide bonds. The molecular formula is C18H15BrF2O3. The molecule has 2 aromatic rings. The molecule has 24 heavy (non-hydrogen) atoms. The van der Waals surface area contributed by atoms with Crippen molar-refractivity contribution in [2.24, 2.45) is 0 Å². The molecule has 126 valence electrons. The van der Waals surface area contributed by atoms with Crippen LogP contribution in [0, 0.1) is 11.6 Å². The maximum atomic E-state index is 13.6. The van der Waals surface area contributed by atoms with Gasteiger partial charge in [0.2, 0.25) is 0 Å². The predicted molar refractivity (Wildman–Crippen MR) is 91.6 cm³/mol. The molecule has 2 rings (SSSR count). The van der Waals surface area contributed by atoms with E-state index in [1.54, 1.807) is 12.1 Å². The summed E-state index contributed by atoms with van der Waals surface area (Å²) in [6.45, 7) is 2.30. The normalized spacial score (nSPS) is 10.9. The van der Waals surface area contributed by atoms with Crippen molar-refractivity contribution in [2.75, 3.05) is 13.7 Å². The summed E-state index contributed by atoms with van der Waals surface area (Å²) >= 11 is 3.37. The summed E-state index contributed by atoms with van der Waals surface area (Å²) in [5.74, 6) is -1.11. The van der Waals surface area contributed by atoms with Crippen LogP contribution in [0.1, 0.15) is 22.8 Å². The first-order valence-electron chi connectivity index (χ1n) is 7.14. The van der Waals surface area contributed by atoms with E-state index >= 15 is 0 Å². The van der Waals surface area contributed by atoms with Crippen LogP contribution in [0.5, 0.6) is 11.5 Å². The number of benzene rings is 2. The Bertz CT molecular complexity index is 788. The van der Waals surface area contributed by atoms with Gasteiger partial charge in [0.25, 0.3) is 0 Å². The molecule has 0 aromatic heterocycles. The van der Waals surface area contributed by atoms with Crippen LogP contribution in [0.3, 0.4) is 0 Å². The Morgan fingerprint density at radius 3 is 2.62 bits per heavy atom. The van der Waals surface area contributed by atoms with Gasteiger partial charge in [-0.1, -0.05) is 6.08 Å². The number of ketones is 1. The van der Waals surface area contributed by atoms with Crippen molar-refractivity contribution in [1.29, 1.82) is 0 Å². The molecule has 0 bridgehead atoms. The fourth-order valence-electron chi connectivity index (χ4n) is 2.10. The minimum Gasteiger partial charge on any atom is -0.492 e. The third-order valence-corrected chi connectivity index (χ3v) is 3.75. The number of carbonyl (C=O) groups is 1. The molecule has 0 saturated heterocycles. The van der Waals surface area contributed by atoms with Gasteiger partial charge in [0.1, 0.15) is 11.6 Å². The van der Waals surface area contributed by atoms with Crippen molar-refractivity contribution in [3.63, 3.8) is 0 Å². The number of methoxy groups -OCH3 is 1. The van der Waals surface area contributed by atoms with Crippen molar-refractivity contribution >= 4 is 27.8 Å². The molecule has 0 spiro atoms. The SMILES string of the molecule is CCOc1cc(/C=C/C(=O)c2ccc(F)cc2F)cc(Br)c1OC. The highest BCUT2D eigenvalue weighted by atomic mass is 79.9. The smallest absolute Gasteiger partial charge is 0.188 e. The van der Waals surface area contributed by atoms with E-state index in [1.165, 1.54) is 19.3 Å². The van der Waals surface area contributed by atoms with E-state index in [2.05, 4.69) is 15.9 Å². The second-order valence-electron chi connectivity index (χ2n) is 4.79. The number of halogens is 3. The molecule has 0 N–H and O–H groups in total. The van der Waals surface area contributed by atoms with Gasteiger partial charge in [0.05, 0.1) is 23.8 Å². The molecule has 0 fully saturated rings. The van der Waals surface area contributed by atoms with Crippen molar-refractivity contribution in [3.05, 3.63) is 63.6 Å². The van der Waals surface area contributed by atoms with Crippen LogP contribution in [0.2, 0.25) is 0 Å². The van der Waals surface area contributed by atoms with Crippen LogP contribution in [0.15, 0.2) is 40.9 Å². The molecule has 0 atom stereocenters. The Balaban J connectivity index is 2.29. The Morgan fingerprint density at radius 1 is 1.25 bits per heavy atom. The number of hydrogen-bond donors (Lipinski definition) is 0. The average molecular weight is 397 g/mol. The summed E-state index contributed by atoms with van der Waals surface area (Å²) < 4.78 is 37.9. The molecule has 0 saturated carbocycles. The third-order valence-electron chi connectivity index (χ3n) is 3.16. The monoisotopic (exact) mass is 396 g/mol. The summed E-state index contributed by atoms with van der Waals surface area (Å²) in [6, 6.07) is 6.29. The number of carbonyl (C=O) groups excluding carboxylic acids is 1. The first kappa shape index (κ1) is 18.1. The maximum absolute atomic E-state index is 13.6. The number of rotatable bonds is 6. The maximum Gasteiger partial charge on any atom is 0.188 e. The lowest BCUT2D eigenvalue weighted by molar-refractivity contribution is 0.104. The Morgan fingerprint density at radius 2 is 2.00 bits per heavy atom. The van der Waals surface area contributed by atoms with Crippen molar-refractivity contribution in [1.82, 2.24) is 0 Å².